The van der Waals surface area contributed by atoms with Crippen molar-refractivity contribution in [3.63, 3.8) is 0 Å². The fraction of sp³-hybridized carbons (Fsp3) is 0.600. The summed E-state index contributed by atoms with van der Waals surface area (Å²) in [4.78, 5) is 26.6. The first-order valence-electron chi connectivity index (χ1n) is 7.36. The molecule has 1 aromatic rings. The number of anilines is 2. The van der Waals surface area contributed by atoms with Crippen LogP contribution in [-0.2, 0) is 0 Å². The summed E-state index contributed by atoms with van der Waals surface area (Å²) < 4.78 is 0. The average molecular weight is 309 g/mol. The monoisotopic (exact) mass is 309 g/mol. The third kappa shape index (κ3) is 3.20. The number of carbonyl (C=O) groups excluding carboxylic acids is 2. The summed E-state index contributed by atoms with van der Waals surface area (Å²) in [6.07, 6.45) is 3.40. The van der Waals surface area contributed by atoms with Gasteiger partial charge in [0.1, 0.15) is 5.00 Å². The van der Waals surface area contributed by atoms with E-state index in [4.69, 9.17) is 5.73 Å². The van der Waals surface area contributed by atoms with Crippen molar-refractivity contribution in [2.45, 2.75) is 33.1 Å². The number of Topliss-reactive ketones (excluding diaryl/α,β-unsaturated/α-hetero) is 1. The van der Waals surface area contributed by atoms with Crippen molar-refractivity contribution in [2.24, 2.45) is 5.92 Å². The number of carbonyl (C=O) groups is 2. The van der Waals surface area contributed by atoms with Crippen LogP contribution in [0.3, 0.4) is 0 Å². The van der Waals surface area contributed by atoms with Gasteiger partial charge in [-0.3, -0.25) is 9.59 Å². The van der Waals surface area contributed by atoms with Crippen LogP contribution in [0, 0.1) is 5.92 Å². The van der Waals surface area contributed by atoms with Crippen molar-refractivity contribution in [1.82, 2.24) is 5.32 Å². The van der Waals surface area contributed by atoms with Crippen molar-refractivity contribution in [3.05, 3.63) is 10.4 Å². The van der Waals surface area contributed by atoms with E-state index in [1.165, 1.54) is 24.7 Å². The quantitative estimate of drug-likeness (QED) is 0.841. The van der Waals surface area contributed by atoms with Gasteiger partial charge in [-0.2, -0.15) is 0 Å². The van der Waals surface area contributed by atoms with Crippen molar-refractivity contribution >= 4 is 33.7 Å². The van der Waals surface area contributed by atoms with Gasteiger partial charge in [0.2, 0.25) is 0 Å². The number of hydrogen-bond donors (Lipinski definition) is 2. The van der Waals surface area contributed by atoms with Gasteiger partial charge in [0.05, 0.1) is 16.1 Å². The van der Waals surface area contributed by atoms with E-state index in [0.717, 1.165) is 30.9 Å². The molecule has 0 radical (unpaired) electrons. The Morgan fingerprint density at radius 3 is 2.67 bits per heavy atom. The fourth-order valence-electron chi connectivity index (χ4n) is 2.73. The maximum atomic E-state index is 12.2. The van der Waals surface area contributed by atoms with E-state index in [1.54, 1.807) is 7.05 Å². The number of ketones is 1. The highest BCUT2D eigenvalue weighted by atomic mass is 32.1. The second-order valence-corrected chi connectivity index (χ2v) is 6.68. The van der Waals surface area contributed by atoms with Gasteiger partial charge in [-0.05, 0) is 25.2 Å². The molecule has 116 valence electrons. The van der Waals surface area contributed by atoms with Gasteiger partial charge in [-0.1, -0.05) is 6.92 Å². The summed E-state index contributed by atoms with van der Waals surface area (Å²) in [5, 5.41) is 3.47. The van der Waals surface area contributed by atoms with Crippen LogP contribution in [0.1, 0.15) is 53.1 Å². The lowest BCUT2D eigenvalue weighted by atomic mass is 10.0. The van der Waals surface area contributed by atoms with E-state index in [1.807, 2.05) is 0 Å². The Morgan fingerprint density at radius 1 is 1.33 bits per heavy atom. The molecule has 0 bridgehead atoms. The Kier molecular flexibility index (Phi) is 4.88. The Bertz CT molecular complexity index is 553. The summed E-state index contributed by atoms with van der Waals surface area (Å²) in [6, 6.07) is 0. The molecule has 1 fully saturated rings. The molecule has 2 heterocycles. The van der Waals surface area contributed by atoms with E-state index in [2.05, 4.69) is 17.1 Å². The summed E-state index contributed by atoms with van der Waals surface area (Å²) >= 11 is 1.35. The van der Waals surface area contributed by atoms with Gasteiger partial charge in [0.15, 0.2) is 5.78 Å². The molecule has 6 heteroatoms. The zero-order chi connectivity index (χ0) is 15.6. The highest BCUT2D eigenvalue weighted by molar-refractivity contribution is 7.19. The smallest absolute Gasteiger partial charge is 0.256 e. The molecular formula is C15H23N3O2S. The first-order valence-corrected chi connectivity index (χ1v) is 8.17. The van der Waals surface area contributed by atoms with Gasteiger partial charge in [0, 0.05) is 27.1 Å². The minimum atomic E-state index is -0.219. The van der Waals surface area contributed by atoms with Gasteiger partial charge >= 0.3 is 0 Å². The molecule has 2 rings (SSSR count). The Morgan fingerprint density at radius 2 is 2.05 bits per heavy atom. The van der Waals surface area contributed by atoms with Gasteiger partial charge in [-0.25, -0.2) is 0 Å². The molecular weight excluding hydrogens is 286 g/mol. The molecule has 1 atom stereocenters. The largest absolute Gasteiger partial charge is 0.397 e. The first-order chi connectivity index (χ1) is 9.95. The first kappa shape index (κ1) is 15.8. The van der Waals surface area contributed by atoms with Crippen molar-refractivity contribution in [1.29, 1.82) is 0 Å². The average Bonchev–Trinajstić information content (AvgIpc) is 2.64. The van der Waals surface area contributed by atoms with Crippen molar-refractivity contribution in [3.8, 4) is 0 Å². The molecule has 5 nitrogen and oxygen atoms in total. The zero-order valence-electron chi connectivity index (χ0n) is 12.9. The number of thiophene rings is 1. The Hall–Kier alpha value is -1.56. The Balaban J connectivity index is 2.43. The predicted octanol–water partition coefficient (Wildman–Crippen LogP) is 2.52. The normalized spacial score (nSPS) is 19.2. The van der Waals surface area contributed by atoms with Crippen LogP contribution in [0.4, 0.5) is 10.7 Å². The predicted molar refractivity (Wildman–Crippen MR) is 87.4 cm³/mol. The third-order valence-electron chi connectivity index (χ3n) is 4.00. The van der Waals surface area contributed by atoms with Gasteiger partial charge in [0.25, 0.3) is 5.91 Å². The summed E-state index contributed by atoms with van der Waals surface area (Å²) in [5.74, 6) is 0.392. The maximum Gasteiger partial charge on any atom is 0.256 e. The van der Waals surface area contributed by atoms with Crippen LogP contribution in [0.15, 0.2) is 0 Å². The minimum absolute atomic E-state index is 0.0860. The second-order valence-electron chi connectivity index (χ2n) is 5.68. The van der Waals surface area contributed by atoms with Crippen molar-refractivity contribution < 1.29 is 9.59 Å². The topological polar surface area (TPSA) is 75.4 Å². The number of nitrogens with two attached hydrogens (primary N) is 1. The molecule has 1 amide bonds. The number of rotatable bonds is 3. The molecule has 0 spiro atoms. The lowest BCUT2D eigenvalue weighted by Gasteiger charge is -2.22. The van der Waals surface area contributed by atoms with Crippen LogP contribution in [0.25, 0.3) is 0 Å². The molecule has 1 aliphatic heterocycles. The van der Waals surface area contributed by atoms with Gasteiger partial charge < -0.3 is 16.0 Å². The summed E-state index contributed by atoms with van der Waals surface area (Å²) in [5.41, 5.74) is 6.84. The molecule has 1 aliphatic rings. The molecule has 21 heavy (non-hydrogen) atoms. The van der Waals surface area contributed by atoms with Crippen LogP contribution < -0.4 is 16.0 Å². The SMILES string of the molecule is CNC(=O)c1c(N2CCCC(C)CC2)sc(C(C)=O)c1N. The van der Waals surface area contributed by atoms with Crippen LogP contribution in [0.2, 0.25) is 0 Å². The molecule has 0 saturated carbocycles. The molecule has 1 saturated heterocycles. The van der Waals surface area contributed by atoms with Crippen LogP contribution >= 0.6 is 11.3 Å². The highest BCUT2D eigenvalue weighted by Crippen LogP contribution is 2.39. The second kappa shape index (κ2) is 6.47. The molecule has 3 N–H and O–H groups in total. The number of hydrogen-bond acceptors (Lipinski definition) is 5. The third-order valence-corrected chi connectivity index (χ3v) is 5.37. The van der Waals surface area contributed by atoms with E-state index in [-0.39, 0.29) is 11.7 Å². The number of amides is 1. The van der Waals surface area contributed by atoms with E-state index in [0.29, 0.717) is 22.0 Å². The lowest BCUT2D eigenvalue weighted by molar-refractivity contribution is 0.0964. The molecule has 1 unspecified atom stereocenters. The summed E-state index contributed by atoms with van der Waals surface area (Å²) in [6.45, 7) is 5.56. The van der Waals surface area contributed by atoms with Gasteiger partial charge in [-0.15, -0.1) is 11.3 Å². The van der Waals surface area contributed by atoms with E-state index in [9.17, 15) is 9.59 Å². The maximum absolute atomic E-state index is 12.2. The Labute approximate surface area is 129 Å². The minimum Gasteiger partial charge on any atom is -0.397 e. The lowest BCUT2D eigenvalue weighted by Crippen LogP contribution is -2.27. The number of nitrogens with one attached hydrogen (secondary N) is 1. The van der Waals surface area contributed by atoms with Crippen LogP contribution in [-0.4, -0.2) is 31.8 Å². The molecule has 0 aromatic carbocycles. The van der Waals surface area contributed by atoms with E-state index >= 15 is 0 Å². The zero-order valence-corrected chi connectivity index (χ0v) is 13.7. The van der Waals surface area contributed by atoms with Crippen molar-refractivity contribution in [2.75, 3.05) is 30.8 Å². The molecule has 1 aromatic heterocycles. The number of nitrogen functional groups attached to an aromatic ring is 1. The number of nitrogens with zero attached hydrogens (tertiary/aromatic N) is 1. The fourth-order valence-corrected chi connectivity index (χ4v) is 3.89. The summed E-state index contributed by atoms with van der Waals surface area (Å²) in [7, 11) is 1.58. The van der Waals surface area contributed by atoms with E-state index < -0.39 is 0 Å². The highest BCUT2D eigenvalue weighted by Gasteiger charge is 2.27. The van der Waals surface area contributed by atoms with Crippen LogP contribution in [0.5, 0.6) is 0 Å². The standard InChI is InChI=1S/C15H23N3O2S/c1-9-5-4-7-18(8-6-9)15-11(14(20)17-3)12(16)13(21-15)10(2)19/h9H,4-8,16H2,1-3H3,(H,17,20). The molecule has 0 aliphatic carbocycles.